The van der Waals surface area contributed by atoms with Crippen molar-refractivity contribution in [3.63, 3.8) is 0 Å². The third-order valence-corrected chi connectivity index (χ3v) is 5.77. The van der Waals surface area contributed by atoms with E-state index < -0.39 is 54.7 Å². The Morgan fingerprint density at radius 2 is 1.89 bits per heavy atom. The standard InChI is InChI=1S/C17H31NO9S/c1-2-12(22)18-9(13(23)10(21)5-3-4-6-19)8-28-17-16(26)15(25)14(24)11(7-20)27-17/h4,6,9-11,13-17,19-21,23-26H,2-3,5,7-8H2,1H3,(H,18,22). The molecule has 164 valence electrons. The number of hydrogen-bond donors (Lipinski definition) is 8. The van der Waals surface area contributed by atoms with Crippen molar-refractivity contribution in [2.24, 2.45) is 0 Å². The number of carbonyl (C=O) groups excluding carboxylic acids is 1. The molecule has 1 saturated heterocycles. The van der Waals surface area contributed by atoms with E-state index in [2.05, 4.69) is 5.32 Å². The molecule has 0 aromatic rings. The molecule has 0 saturated carbocycles. The molecular weight excluding hydrogens is 394 g/mol. The molecule has 0 spiro atoms. The van der Waals surface area contributed by atoms with E-state index in [1.807, 2.05) is 0 Å². The zero-order chi connectivity index (χ0) is 21.3. The lowest BCUT2D eigenvalue weighted by atomic mass is 10.0. The van der Waals surface area contributed by atoms with Gasteiger partial charge in [0, 0.05) is 12.2 Å². The van der Waals surface area contributed by atoms with Crippen LogP contribution >= 0.6 is 11.8 Å². The van der Waals surface area contributed by atoms with Gasteiger partial charge in [0.05, 0.1) is 25.0 Å². The van der Waals surface area contributed by atoms with Gasteiger partial charge in [-0.15, -0.1) is 11.8 Å². The fraction of sp³-hybridized carbons (Fsp3) is 0.824. The average Bonchev–Trinajstić information content (AvgIpc) is 2.69. The minimum Gasteiger partial charge on any atom is -0.516 e. The van der Waals surface area contributed by atoms with Gasteiger partial charge in [-0.05, 0) is 12.8 Å². The van der Waals surface area contributed by atoms with Gasteiger partial charge in [-0.2, -0.15) is 0 Å². The summed E-state index contributed by atoms with van der Waals surface area (Å²) < 4.78 is 5.39. The van der Waals surface area contributed by atoms with Gasteiger partial charge in [-0.1, -0.05) is 13.0 Å². The normalized spacial score (nSPS) is 31.5. The van der Waals surface area contributed by atoms with Crippen molar-refractivity contribution >= 4 is 17.7 Å². The number of rotatable bonds is 11. The van der Waals surface area contributed by atoms with Crippen molar-refractivity contribution in [2.45, 2.75) is 74.3 Å². The second-order valence-electron chi connectivity index (χ2n) is 6.58. The number of carbonyl (C=O) groups is 1. The van der Waals surface area contributed by atoms with Crippen molar-refractivity contribution in [2.75, 3.05) is 12.4 Å². The minimum atomic E-state index is -1.52. The smallest absolute Gasteiger partial charge is 0.220 e. The molecule has 0 bridgehead atoms. The number of aliphatic hydroxyl groups excluding tert-OH is 7. The summed E-state index contributed by atoms with van der Waals surface area (Å²) in [6, 6.07) is -0.877. The van der Waals surface area contributed by atoms with Gasteiger partial charge in [0.1, 0.15) is 36.0 Å². The van der Waals surface area contributed by atoms with E-state index >= 15 is 0 Å². The molecule has 1 fully saturated rings. The van der Waals surface area contributed by atoms with Crippen LogP contribution in [0.2, 0.25) is 0 Å². The van der Waals surface area contributed by atoms with Crippen molar-refractivity contribution in [1.29, 1.82) is 0 Å². The van der Waals surface area contributed by atoms with Crippen LogP contribution in [0.4, 0.5) is 0 Å². The third kappa shape index (κ3) is 7.16. The van der Waals surface area contributed by atoms with Crippen LogP contribution in [0.15, 0.2) is 12.3 Å². The summed E-state index contributed by atoms with van der Waals surface area (Å²) in [6.45, 7) is 1.07. The predicted octanol–water partition coefficient (Wildman–Crippen LogP) is -2.01. The average molecular weight is 426 g/mol. The van der Waals surface area contributed by atoms with E-state index in [1.54, 1.807) is 6.92 Å². The highest BCUT2D eigenvalue weighted by Crippen LogP contribution is 2.29. The number of ether oxygens (including phenoxy) is 1. The number of hydrogen-bond acceptors (Lipinski definition) is 10. The summed E-state index contributed by atoms with van der Waals surface area (Å²) in [7, 11) is 0. The SMILES string of the molecule is CCC(=O)NC(CSC1OC(CO)C(O)C(O)C1O)C(O)C(O)CCC=CO. The number of aliphatic hydroxyl groups is 7. The van der Waals surface area contributed by atoms with Crippen LogP contribution in [0.3, 0.4) is 0 Å². The van der Waals surface area contributed by atoms with Crippen molar-refractivity contribution < 1.29 is 45.3 Å². The lowest BCUT2D eigenvalue weighted by molar-refractivity contribution is -0.205. The lowest BCUT2D eigenvalue weighted by Gasteiger charge is -2.40. The summed E-state index contributed by atoms with van der Waals surface area (Å²) in [5.41, 5.74) is -1.02. The van der Waals surface area contributed by atoms with Crippen LogP contribution in [0, 0.1) is 0 Å². The molecule has 0 radical (unpaired) electrons. The molecular formula is C17H31NO9S. The monoisotopic (exact) mass is 425 g/mol. The maximum atomic E-state index is 11.8. The number of thioether (sulfide) groups is 1. The quantitative estimate of drug-likeness (QED) is 0.172. The summed E-state index contributed by atoms with van der Waals surface area (Å²) >= 11 is 0.971. The molecule has 8 unspecified atom stereocenters. The van der Waals surface area contributed by atoms with Gasteiger partial charge in [0.15, 0.2) is 0 Å². The van der Waals surface area contributed by atoms with Crippen LogP contribution in [0.25, 0.3) is 0 Å². The molecule has 1 aliphatic rings. The number of amides is 1. The van der Waals surface area contributed by atoms with Gasteiger partial charge >= 0.3 is 0 Å². The van der Waals surface area contributed by atoms with Crippen LogP contribution in [-0.4, -0.2) is 102 Å². The highest BCUT2D eigenvalue weighted by Gasteiger charge is 2.44. The molecule has 1 heterocycles. The summed E-state index contributed by atoms with van der Waals surface area (Å²) in [6.07, 6.45) is -5.09. The Morgan fingerprint density at radius 1 is 1.21 bits per heavy atom. The molecule has 1 rings (SSSR count). The second-order valence-corrected chi connectivity index (χ2v) is 7.71. The maximum Gasteiger partial charge on any atom is 0.220 e. The molecule has 0 aromatic carbocycles. The highest BCUT2D eigenvalue weighted by atomic mass is 32.2. The fourth-order valence-corrected chi connectivity index (χ4v) is 3.98. The van der Waals surface area contributed by atoms with Gasteiger partial charge in [-0.25, -0.2) is 0 Å². The van der Waals surface area contributed by atoms with E-state index in [1.165, 1.54) is 6.08 Å². The van der Waals surface area contributed by atoms with E-state index in [-0.39, 0.29) is 24.5 Å². The van der Waals surface area contributed by atoms with Crippen LogP contribution in [-0.2, 0) is 9.53 Å². The Hall–Kier alpha value is -0.920. The minimum absolute atomic E-state index is 0.0303. The fourth-order valence-electron chi connectivity index (χ4n) is 2.72. The van der Waals surface area contributed by atoms with E-state index in [0.717, 1.165) is 18.0 Å². The van der Waals surface area contributed by atoms with Gasteiger partial charge in [-0.3, -0.25) is 4.79 Å². The molecule has 0 aliphatic carbocycles. The topological polar surface area (TPSA) is 180 Å². The zero-order valence-electron chi connectivity index (χ0n) is 15.7. The van der Waals surface area contributed by atoms with Crippen molar-refractivity contribution in [3.05, 3.63) is 12.3 Å². The first-order chi connectivity index (χ1) is 13.3. The van der Waals surface area contributed by atoms with Gasteiger partial charge in [0.2, 0.25) is 5.91 Å². The zero-order valence-corrected chi connectivity index (χ0v) is 16.5. The molecule has 11 heteroatoms. The lowest BCUT2D eigenvalue weighted by Crippen LogP contribution is -2.58. The van der Waals surface area contributed by atoms with Crippen LogP contribution in [0.1, 0.15) is 26.2 Å². The Labute approximate surface area is 167 Å². The molecule has 1 amide bonds. The first kappa shape index (κ1) is 25.1. The molecule has 8 N–H and O–H groups in total. The Morgan fingerprint density at radius 3 is 2.46 bits per heavy atom. The maximum absolute atomic E-state index is 11.8. The highest BCUT2D eigenvalue weighted by molar-refractivity contribution is 7.99. The Bertz CT molecular complexity index is 493. The summed E-state index contributed by atoms with van der Waals surface area (Å²) in [4.78, 5) is 11.8. The molecule has 0 aromatic heterocycles. The Kier molecular flexibility index (Phi) is 11.3. The van der Waals surface area contributed by atoms with Crippen LogP contribution in [0.5, 0.6) is 0 Å². The Balaban J connectivity index is 2.76. The van der Waals surface area contributed by atoms with E-state index in [4.69, 9.17) is 9.84 Å². The first-order valence-electron chi connectivity index (χ1n) is 9.13. The van der Waals surface area contributed by atoms with Gasteiger partial charge in [0.25, 0.3) is 0 Å². The van der Waals surface area contributed by atoms with Gasteiger partial charge < -0.3 is 45.8 Å². The number of allylic oxidation sites excluding steroid dienone is 1. The summed E-state index contributed by atoms with van der Waals surface area (Å²) in [5.74, 6) is -0.316. The van der Waals surface area contributed by atoms with E-state index in [9.17, 15) is 35.4 Å². The predicted molar refractivity (Wildman–Crippen MR) is 101 cm³/mol. The first-order valence-corrected chi connectivity index (χ1v) is 10.2. The molecule has 10 nitrogen and oxygen atoms in total. The summed E-state index contributed by atoms with van der Waals surface area (Å²) in [5, 5.41) is 70.8. The van der Waals surface area contributed by atoms with E-state index in [0.29, 0.717) is 6.42 Å². The molecule has 28 heavy (non-hydrogen) atoms. The molecule has 1 aliphatic heterocycles. The van der Waals surface area contributed by atoms with Crippen LogP contribution < -0.4 is 5.32 Å². The van der Waals surface area contributed by atoms with Crippen molar-refractivity contribution in [3.8, 4) is 0 Å². The third-order valence-electron chi connectivity index (χ3n) is 4.50. The van der Waals surface area contributed by atoms with Crippen molar-refractivity contribution in [1.82, 2.24) is 5.32 Å². The largest absolute Gasteiger partial charge is 0.516 e. The second kappa shape index (κ2) is 12.6. The number of nitrogens with one attached hydrogen (secondary N) is 1. The molecule has 8 atom stereocenters.